The largest absolute Gasteiger partial charge is 0.460 e. The highest BCUT2D eigenvalue weighted by atomic mass is 35.5. The number of benzene rings is 2. The number of carbonyl (C=O) groups is 4. The highest BCUT2D eigenvalue weighted by Gasteiger charge is 2.25. The molecule has 3 aromatic rings. The number of aryl methyl sites for hydroxylation is 1. The third kappa shape index (κ3) is 16.0. The van der Waals surface area contributed by atoms with E-state index in [0.29, 0.717) is 35.2 Å². The summed E-state index contributed by atoms with van der Waals surface area (Å²) >= 11 is 0. The van der Waals surface area contributed by atoms with Gasteiger partial charge >= 0.3 is 24.1 Å². The van der Waals surface area contributed by atoms with E-state index in [0.717, 1.165) is 34.8 Å². The third-order valence-electron chi connectivity index (χ3n) is 8.20. The molecule has 2 aromatic carbocycles. The minimum absolute atomic E-state index is 0. The number of ether oxygens (including phenoxy) is 3. The number of carbonyl (C=O) groups excluding carboxylic acids is 4. The number of nitrogens with zero attached hydrogens (tertiary/aromatic N) is 3. The molecule has 13 nitrogen and oxygen atoms in total. The monoisotopic (exact) mass is 804 g/mol. The molecule has 3 rings (SSSR count). The first kappa shape index (κ1) is 48.4. The van der Waals surface area contributed by atoms with E-state index in [2.05, 4.69) is 53.5 Å². The van der Waals surface area contributed by atoms with Crippen LogP contribution in [0.15, 0.2) is 60.8 Å². The first-order valence-electron chi connectivity index (χ1n) is 18.1. The summed E-state index contributed by atoms with van der Waals surface area (Å²) in [5.74, 6) is -0.240. The number of likely N-dealkylation sites (N-methyl/N-ethyl adjacent to an activating group) is 1. The van der Waals surface area contributed by atoms with Crippen molar-refractivity contribution in [1.29, 1.82) is 0 Å². The number of aromatic nitrogens is 1. The minimum atomic E-state index is -1.19. The molecule has 1 heterocycles. The van der Waals surface area contributed by atoms with Crippen LogP contribution in [0.3, 0.4) is 0 Å². The van der Waals surface area contributed by atoms with Crippen LogP contribution in [0.5, 0.6) is 0 Å². The van der Waals surface area contributed by atoms with Crippen molar-refractivity contribution in [2.24, 2.45) is 11.8 Å². The normalized spacial score (nSPS) is 11.7. The van der Waals surface area contributed by atoms with Crippen molar-refractivity contribution in [2.45, 2.75) is 80.1 Å². The summed E-state index contributed by atoms with van der Waals surface area (Å²) in [5.41, 5.74) is 4.65. The van der Waals surface area contributed by atoms with Gasteiger partial charge < -0.3 is 35.1 Å². The van der Waals surface area contributed by atoms with Crippen molar-refractivity contribution in [3.8, 4) is 0 Å². The molecule has 0 fully saturated rings. The molecule has 2 unspecified atom stereocenters. The van der Waals surface area contributed by atoms with E-state index in [-0.39, 0.29) is 62.2 Å². The topological polar surface area (TPSA) is 151 Å². The van der Waals surface area contributed by atoms with Crippen LogP contribution in [0.4, 0.5) is 32.5 Å². The van der Waals surface area contributed by atoms with Gasteiger partial charge in [0.05, 0.1) is 24.3 Å². The zero-order valence-corrected chi connectivity index (χ0v) is 35.0. The molecule has 55 heavy (non-hydrogen) atoms. The van der Waals surface area contributed by atoms with Crippen LogP contribution in [-0.4, -0.2) is 69.1 Å². The highest BCUT2D eigenvalue weighted by molar-refractivity contribution is 6.02. The van der Waals surface area contributed by atoms with E-state index < -0.39 is 24.3 Å². The van der Waals surface area contributed by atoms with E-state index >= 15 is 0 Å². The summed E-state index contributed by atoms with van der Waals surface area (Å²) < 4.78 is 16.2. The van der Waals surface area contributed by atoms with Crippen LogP contribution in [-0.2, 0) is 30.4 Å². The number of halogens is 2. The maximum absolute atomic E-state index is 13.3. The smallest absolute Gasteiger partial charge is 0.418 e. The van der Waals surface area contributed by atoms with Gasteiger partial charge in [0.15, 0.2) is 0 Å². The molecule has 3 N–H and O–H groups in total. The summed E-state index contributed by atoms with van der Waals surface area (Å²) in [5, 5.41) is 8.71. The second-order valence-corrected chi connectivity index (χ2v) is 13.9. The molecule has 2 atom stereocenters. The fourth-order valence-corrected chi connectivity index (χ4v) is 5.72. The van der Waals surface area contributed by atoms with Gasteiger partial charge in [-0.2, -0.15) is 0 Å². The molecule has 1 aromatic heterocycles. The van der Waals surface area contributed by atoms with E-state index in [1.807, 2.05) is 56.3 Å². The second-order valence-electron chi connectivity index (χ2n) is 13.9. The third-order valence-corrected chi connectivity index (χ3v) is 8.20. The Balaban J connectivity index is 0.00000756. The number of anilines is 4. The molecule has 3 amide bonds. The van der Waals surface area contributed by atoms with Gasteiger partial charge in [-0.05, 0) is 74.0 Å². The van der Waals surface area contributed by atoms with Crippen molar-refractivity contribution in [2.75, 3.05) is 54.2 Å². The summed E-state index contributed by atoms with van der Waals surface area (Å²) in [6.45, 7) is 15.6. The number of hydrogen-bond acceptors (Lipinski definition) is 10. The summed E-state index contributed by atoms with van der Waals surface area (Å²) in [7, 11) is 3.10. The SMILES string of the molecule is CCC(CC(=O)OC(C)OC(=O)N(C)c1ncccc1COC(=O)CNC)c1ccc(N(CC(C)C)CC(C)C)c(NC(=O)Nc2ccc(C)cc2)c1.Cl.Cl. The molecule has 15 heteroatoms. The average molecular weight is 806 g/mol. The number of urea groups is 1. The molecule has 0 aliphatic carbocycles. The Morgan fingerprint density at radius 1 is 0.855 bits per heavy atom. The standard InChI is InChI=1S/C40H56N6O7.2ClH/c1-10-30(21-36(47)52-29(7)53-40(50)45(9)38-32(12-11-19-42-38)25-51-37(48)22-41-8)31-15-18-35(46(23-26(2)3)24-27(4)5)34(20-31)44-39(49)43-33-16-13-28(6)14-17-33;;/h11-20,26-27,29-30,41H,10,21-25H2,1-9H3,(H2,43,44,49);2*1H. The van der Waals surface area contributed by atoms with Gasteiger partial charge in [-0.15, -0.1) is 24.8 Å². The molecule has 0 radical (unpaired) electrons. The summed E-state index contributed by atoms with van der Waals surface area (Å²) in [6.07, 6.45) is 0.140. The zero-order valence-electron chi connectivity index (χ0n) is 33.3. The predicted molar refractivity (Wildman–Crippen MR) is 223 cm³/mol. The van der Waals surface area contributed by atoms with Gasteiger partial charge in [0.25, 0.3) is 0 Å². The number of nitrogens with one attached hydrogen (secondary N) is 3. The minimum Gasteiger partial charge on any atom is -0.460 e. The second kappa shape index (κ2) is 24.0. The zero-order chi connectivity index (χ0) is 39.1. The highest BCUT2D eigenvalue weighted by Crippen LogP contribution is 2.34. The van der Waals surface area contributed by atoms with Crippen LogP contribution in [0.25, 0.3) is 0 Å². The van der Waals surface area contributed by atoms with Gasteiger partial charge in [0.1, 0.15) is 12.4 Å². The maximum atomic E-state index is 13.3. The average Bonchev–Trinajstić information content (AvgIpc) is 3.09. The lowest BCUT2D eigenvalue weighted by molar-refractivity contribution is -0.165. The molecule has 0 saturated heterocycles. The van der Waals surface area contributed by atoms with Crippen molar-refractivity contribution in [3.05, 3.63) is 77.5 Å². The lowest BCUT2D eigenvalue weighted by Gasteiger charge is -2.31. The van der Waals surface area contributed by atoms with Crippen molar-refractivity contribution >= 4 is 71.8 Å². The Hall–Kier alpha value is -4.59. The molecule has 0 bridgehead atoms. The fourth-order valence-electron chi connectivity index (χ4n) is 5.72. The van der Waals surface area contributed by atoms with Crippen molar-refractivity contribution in [3.63, 3.8) is 0 Å². The Bertz CT molecular complexity index is 1670. The van der Waals surface area contributed by atoms with Gasteiger partial charge in [-0.1, -0.05) is 64.4 Å². The van der Waals surface area contributed by atoms with Crippen molar-refractivity contribution in [1.82, 2.24) is 10.3 Å². The van der Waals surface area contributed by atoms with Crippen LogP contribution in [0.1, 0.15) is 77.0 Å². The van der Waals surface area contributed by atoms with Gasteiger partial charge in [-0.25, -0.2) is 14.6 Å². The van der Waals surface area contributed by atoms with E-state index in [1.54, 1.807) is 19.2 Å². The lowest BCUT2D eigenvalue weighted by atomic mass is 9.92. The first-order chi connectivity index (χ1) is 25.2. The molecule has 0 saturated carbocycles. The molecule has 0 aliphatic rings. The number of esters is 2. The van der Waals surface area contributed by atoms with Gasteiger partial charge in [0, 0.05) is 44.5 Å². The quantitative estimate of drug-likeness (QED) is 0.0846. The Morgan fingerprint density at radius 3 is 2.11 bits per heavy atom. The van der Waals surface area contributed by atoms with E-state index in [1.165, 1.54) is 20.2 Å². The summed E-state index contributed by atoms with van der Waals surface area (Å²) in [4.78, 5) is 59.0. The number of rotatable bonds is 18. The number of hydrogen-bond donors (Lipinski definition) is 3. The van der Waals surface area contributed by atoms with Gasteiger partial charge in [-0.3, -0.25) is 14.5 Å². The molecule has 0 spiro atoms. The van der Waals surface area contributed by atoms with Crippen LogP contribution < -0.4 is 25.8 Å². The van der Waals surface area contributed by atoms with Gasteiger partial charge in [0.2, 0.25) is 6.29 Å². The summed E-state index contributed by atoms with van der Waals surface area (Å²) in [6, 6.07) is 16.5. The fraction of sp³-hybridized carbons (Fsp3) is 0.475. The van der Waals surface area contributed by atoms with Crippen LogP contribution >= 0.6 is 24.8 Å². The Labute approximate surface area is 338 Å². The van der Waals surface area contributed by atoms with E-state index in [9.17, 15) is 19.2 Å². The Kier molecular flexibility index (Phi) is 21.2. The van der Waals surface area contributed by atoms with Crippen molar-refractivity contribution < 1.29 is 33.4 Å². The molecular formula is C40H58Cl2N6O7. The molecular weight excluding hydrogens is 747 g/mol. The first-order valence-corrected chi connectivity index (χ1v) is 18.1. The number of pyridine rings is 1. The molecule has 304 valence electrons. The van der Waals surface area contributed by atoms with Crippen LogP contribution in [0.2, 0.25) is 0 Å². The Morgan fingerprint density at radius 2 is 1.51 bits per heavy atom. The van der Waals surface area contributed by atoms with Crippen LogP contribution in [0, 0.1) is 18.8 Å². The predicted octanol–water partition coefficient (Wildman–Crippen LogP) is 8.30. The maximum Gasteiger partial charge on any atom is 0.418 e. The molecule has 0 aliphatic heterocycles. The lowest BCUT2D eigenvalue weighted by Crippen LogP contribution is -2.33. The number of amides is 3. The van der Waals surface area contributed by atoms with E-state index in [4.69, 9.17) is 14.2 Å².